The second-order valence-electron chi connectivity index (χ2n) is 7.22. The van der Waals surface area contributed by atoms with Gasteiger partial charge in [-0.1, -0.05) is 18.2 Å². The van der Waals surface area contributed by atoms with E-state index in [0.717, 1.165) is 35.9 Å². The van der Waals surface area contributed by atoms with Crippen LogP contribution in [0.1, 0.15) is 45.0 Å². The van der Waals surface area contributed by atoms with Crippen LogP contribution in [0.2, 0.25) is 0 Å². The first-order valence-corrected chi connectivity index (χ1v) is 9.20. The Balaban J connectivity index is 1.53. The van der Waals surface area contributed by atoms with E-state index >= 15 is 0 Å². The van der Waals surface area contributed by atoms with Gasteiger partial charge in [0.1, 0.15) is 0 Å². The molecular formula is C22H22N2O3. The summed E-state index contributed by atoms with van der Waals surface area (Å²) in [7, 11) is 1.98. The Morgan fingerprint density at radius 3 is 2.52 bits per heavy atom. The molecule has 2 heterocycles. The molecule has 0 saturated carbocycles. The number of hydrogen-bond donors (Lipinski definition) is 1. The average molecular weight is 362 g/mol. The normalized spacial score (nSPS) is 17.2. The van der Waals surface area contributed by atoms with Crippen LogP contribution in [0.3, 0.4) is 0 Å². The minimum atomic E-state index is -0.918. The van der Waals surface area contributed by atoms with Crippen molar-refractivity contribution in [3.8, 4) is 0 Å². The van der Waals surface area contributed by atoms with Gasteiger partial charge in [0.15, 0.2) is 0 Å². The third-order valence-corrected chi connectivity index (χ3v) is 5.47. The summed E-state index contributed by atoms with van der Waals surface area (Å²) in [4.78, 5) is 26.0. The SMILES string of the molecule is Cn1ccc2ccc(C(=O)N3CCC[C@@H](c4ccc(C(=O)O)cc4)C3)cc21. The number of piperidine rings is 1. The van der Waals surface area contributed by atoms with Crippen molar-refractivity contribution >= 4 is 22.8 Å². The molecule has 138 valence electrons. The number of benzene rings is 2. The number of rotatable bonds is 3. The standard InChI is InChI=1S/C22H22N2O3/c1-23-12-10-16-6-9-18(13-20(16)23)21(25)24-11-2-3-19(14-24)15-4-7-17(8-5-15)22(26)27/h4-10,12-13,19H,2-3,11,14H2,1H3,(H,26,27)/t19-/m1/s1. The lowest BCUT2D eigenvalue weighted by Gasteiger charge is -2.33. The van der Waals surface area contributed by atoms with Gasteiger partial charge in [-0.05, 0) is 54.1 Å². The third-order valence-electron chi connectivity index (χ3n) is 5.47. The molecule has 1 saturated heterocycles. The second kappa shape index (κ2) is 6.91. The van der Waals surface area contributed by atoms with Gasteiger partial charge in [0.05, 0.1) is 5.56 Å². The molecule has 2 aromatic carbocycles. The molecule has 27 heavy (non-hydrogen) atoms. The van der Waals surface area contributed by atoms with E-state index in [9.17, 15) is 9.59 Å². The second-order valence-corrected chi connectivity index (χ2v) is 7.22. The number of carbonyl (C=O) groups excluding carboxylic acids is 1. The summed E-state index contributed by atoms with van der Waals surface area (Å²) in [6.45, 7) is 1.42. The van der Waals surface area contributed by atoms with Crippen molar-refractivity contribution in [1.82, 2.24) is 9.47 Å². The number of nitrogens with zero attached hydrogens (tertiary/aromatic N) is 2. The van der Waals surface area contributed by atoms with Gasteiger partial charge in [-0.3, -0.25) is 4.79 Å². The van der Waals surface area contributed by atoms with Crippen LogP contribution in [0.15, 0.2) is 54.7 Å². The Bertz CT molecular complexity index is 1000. The largest absolute Gasteiger partial charge is 0.478 e. The molecule has 1 fully saturated rings. The zero-order valence-corrected chi connectivity index (χ0v) is 15.3. The summed E-state index contributed by atoms with van der Waals surface area (Å²) < 4.78 is 2.02. The Morgan fingerprint density at radius 1 is 1.04 bits per heavy atom. The van der Waals surface area contributed by atoms with Gasteiger partial charge >= 0.3 is 5.97 Å². The molecule has 1 aliphatic heterocycles. The lowest BCUT2D eigenvalue weighted by molar-refractivity contribution is 0.0693. The van der Waals surface area contributed by atoms with Crippen LogP contribution in [0, 0.1) is 0 Å². The molecular weight excluding hydrogens is 340 g/mol. The predicted molar refractivity (Wildman–Crippen MR) is 104 cm³/mol. The van der Waals surface area contributed by atoms with Crippen LogP contribution in [0.4, 0.5) is 0 Å². The molecule has 0 bridgehead atoms. The number of amides is 1. The van der Waals surface area contributed by atoms with Crippen LogP contribution in [-0.4, -0.2) is 39.5 Å². The van der Waals surface area contributed by atoms with Gasteiger partial charge in [0, 0.05) is 43.3 Å². The summed E-state index contributed by atoms with van der Waals surface area (Å²) in [5, 5.41) is 10.2. The molecule has 0 unspecified atom stereocenters. The number of carbonyl (C=O) groups is 2. The quantitative estimate of drug-likeness (QED) is 0.769. The molecule has 4 rings (SSSR count). The molecule has 5 heteroatoms. The first-order valence-electron chi connectivity index (χ1n) is 9.20. The van der Waals surface area contributed by atoms with E-state index in [1.54, 1.807) is 12.1 Å². The van der Waals surface area contributed by atoms with Crippen molar-refractivity contribution in [3.05, 3.63) is 71.4 Å². The highest BCUT2D eigenvalue weighted by Gasteiger charge is 2.26. The summed E-state index contributed by atoms with van der Waals surface area (Å²) in [5.41, 5.74) is 3.15. The maximum atomic E-state index is 13.0. The number of aromatic carboxylic acids is 1. The first-order chi connectivity index (χ1) is 13.0. The number of carboxylic acid groups (broad SMARTS) is 1. The summed E-state index contributed by atoms with van der Waals surface area (Å²) in [6.07, 6.45) is 3.95. The van der Waals surface area contributed by atoms with Crippen molar-refractivity contribution in [1.29, 1.82) is 0 Å². The van der Waals surface area contributed by atoms with Gasteiger partial charge in [0.2, 0.25) is 0 Å². The number of aromatic nitrogens is 1. The van der Waals surface area contributed by atoms with Crippen LogP contribution in [-0.2, 0) is 7.05 Å². The van der Waals surface area contributed by atoms with Gasteiger partial charge in [-0.15, -0.1) is 0 Å². The van der Waals surface area contributed by atoms with Gasteiger partial charge in [0.25, 0.3) is 5.91 Å². The molecule has 1 amide bonds. The van der Waals surface area contributed by atoms with E-state index in [1.165, 1.54) is 0 Å². The zero-order chi connectivity index (χ0) is 19.0. The van der Waals surface area contributed by atoms with E-state index in [0.29, 0.717) is 17.7 Å². The fourth-order valence-corrected chi connectivity index (χ4v) is 3.91. The van der Waals surface area contributed by atoms with Crippen molar-refractivity contribution in [3.63, 3.8) is 0 Å². The molecule has 0 radical (unpaired) electrons. The number of fused-ring (bicyclic) bond motifs is 1. The summed E-state index contributed by atoms with van der Waals surface area (Å²) in [6, 6.07) is 14.9. The van der Waals surface area contributed by atoms with E-state index < -0.39 is 5.97 Å². The lowest BCUT2D eigenvalue weighted by atomic mass is 9.90. The summed E-state index contributed by atoms with van der Waals surface area (Å²) in [5.74, 6) is -0.618. The van der Waals surface area contributed by atoms with E-state index in [1.807, 2.05) is 59.1 Å². The molecule has 1 atom stereocenters. The monoisotopic (exact) mass is 362 g/mol. The number of hydrogen-bond acceptors (Lipinski definition) is 2. The van der Waals surface area contributed by atoms with Crippen molar-refractivity contribution in [2.24, 2.45) is 7.05 Å². The smallest absolute Gasteiger partial charge is 0.335 e. The van der Waals surface area contributed by atoms with Gasteiger partial charge < -0.3 is 14.6 Å². The Labute approximate surface area is 157 Å². The average Bonchev–Trinajstić information content (AvgIpc) is 3.08. The van der Waals surface area contributed by atoms with Crippen LogP contribution in [0.25, 0.3) is 10.9 Å². The fourth-order valence-electron chi connectivity index (χ4n) is 3.91. The van der Waals surface area contributed by atoms with E-state index in [4.69, 9.17) is 5.11 Å². The molecule has 5 nitrogen and oxygen atoms in total. The highest BCUT2D eigenvalue weighted by molar-refractivity contribution is 5.98. The van der Waals surface area contributed by atoms with Crippen molar-refractivity contribution in [2.75, 3.05) is 13.1 Å². The predicted octanol–water partition coefficient (Wildman–Crippen LogP) is 3.90. The molecule has 1 aromatic heterocycles. The minimum absolute atomic E-state index is 0.0601. The van der Waals surface area contributed by atoms with E-state index in [2.05, 4.69) is 0 Å². The Hall–Kier alpha value is -3.08. The number of likely N-dealkylation sites (tertiary alicyclic amines) is 1. The van der Waals surface area contributed by atoms with E-state index in [-0.39, 0.29) is 11.8 Å². The van der Waals surface area contributed by atoms with Crippen LogP contribution < -0.4 is 0 Å². The molecule has 0 spiro atoms. The van der Waals surface area contributed by atoms with Gasteiger partial charge in [-0.2, -0.15) is 0 Å². The molecule has 1 N–H and O–H groups in total. The van der Waals surface area contributed by atoms with Crippen LogP contribution in [0.5, 0.6) is 0 Å². The topological polar surface area (TPSA) is 62.5 Å². The fraction of sp³-hybridized carbons (Fsp3) is 0.273. The highest BCUT2D eigenvalue weighted by atomic mass is 16.4. The maximum Gasteiger partial charge on any atom is 0.335 e. The van der Waals surface area contributed by atoms with Crippen molar-refractivity contribution in [2.45, 2.75) is 18.8 Å². The Morgan fingerprint density at radius 2 is 1.78 bits per heavy atom. The molecule has 1 aliphatic rings. The summed E-state index contributed by atoms with van der Waals surface area (Å²) >= 11 is 0. The van der Waals surface area contributed by atoms with Gasteiger partial charge in [-0.25, -0.2) is 4.79 Å². The molecule has 3 aromatic rings. The van der Waals surface area contributed by atoms with Crippen molar-refractivity contribution < 1.29 is 14.7 Å². The highest BCUT2D eigenvalue weighted by Crippen LogP contribution is 2.28. The first kappa shape index (κ1) is 17.3. The van der Waals surface area contributed by atoms with Crippen LogP contribution >= 0.6 is 0 Å². The number of carboxylic acids is 1. The number of aryl methyl sites for hydroxylation is 1. The zero-order valence-electron chi connectivity index (χ0n) is 15.3. The maximum absolute atomic E-state index is 13.0. The lowest BCUT2D eigenvalue weighted by Crippen LogP contribution is -2.39. The molecule has 0 aliphatic carbocycles. The third kappa shape index (κ3) is 3.33. The Kier molecular flexibility index (Phi) is 4.44. The minimum Gasteiger partial charge on any atom is -0.478 e.